The molecule has 7 heteroatoms. The molecule has 0 radical (unpaired) electrons. The van der Waals surface area contributed by atoms with E-state index >= 15 is 0 Å². The predicted molar refractivity (Wildman–Crippen MR) is 105 cm³/mol. The Labute approximate surface area is 158 Å². The molecule has 0 spiro atoms. The lowest BCUT2D eigenvalue weighted by atomic mass is 10.0. The molecule has 3 heterocycles. The molecule has 1 N–H and O–H groups in total. The molecule has 3 aromatic rings. The third-order valence-corrected chi connectivity index (χ3v) is 5.93. The lowest BCUT2D eigenvalue weighted by Gasteiger charge is -2.29. The van der Waals surface area contributed by atoms with Crippen molar-refractivity contribution in [3.05, 3.63) is 38.9 Å². The molecule has 1 saturated heterocycles. The van der Waals surface area contributed by atoms with Crippen LogP contribution in [0.25, 0.3) is 21.3 Å². The molecule has 1 fully saturated rings. The van der Waals surface area contributed by atoms with Crippen molar-refractivity contribution < 1.29 is 0 Å². The van der Waals surface area contributed by atoms with Crippen LogP contribution in [0, 0.1) is 6.92 Å². The van der Waals surface area contributed by atoms with E-state index in [0.717, 1.165) is 46.7 Å². The number of hydrogen-bond acceptors (Lipinski definition) is 5. The summed E-state index contributed by atoms with van der Waals surface area (Å²) in [6.07, 6.45) is 0. The van der Waals surface area contributed by atoms with Gasteiger partial charge in [0.05, 0.1) is 5.39 Å². The first-order valence-electron chi connectivity index (χ1n) is 7.82. The van der Waals surface area contributed by atoms with E-state index in [1.54, 1.807) is 11.3 Å². The van der Waals surface area contributed by atoms with Crippen LogP contribution in [0.2, 0.25) is 5.28 Å². The van der Waals surface area contributed by atoms with E-state index < -0.39 is 0 Å². The van der Waals surface area contributed by atoms with E-state index in [1.807, 2.05) is 0 Å². The molecule has 1 aliphatic heterocycles. The van der Waals surface area contributed by atoms with Gasteiger partial charge in [0.15, 0.2) is 0 Å². The first-order chi connectivity index (χ1) is 11.6. The van der Waals surface area contributed by atoms with Gasteiger partial charge < -0.3 is 10.2 Å². The van der Waals surface area contributed by atoms with Gasteiger partial charge in [-0.25, -0.2) is 4.98 Å². The minimum Gasteiger partial charge on any atom is -0.353 e. The number of hydrogen-bond donors (Lipinski definition) is 1. The zero-order valence-electron chi connectivity index (χ0n) is 13.1. The maximum atomic E-state index is 6.21. The number of halogens is 2. The van der Waals surface area contributed by atoms with Gasteiger partial charge in [-0.05, 0) is 36.2 Å². The smallest absolute Gasteiger partial charge is 0.225 e. The van der Waals surface area contributed by atoms with Crippen molar-refractivity contribution in [2.45, 2.75) is 6.92 Å². The second kappa shape index (κ2) is 6.59. The molecule has 0 aliphatic carbocycles. The fourth-order valence-corrected chi connectivity index (χ4v) is 4.66. The van der Waals surface area contributed by atoms with Gasteiger partial charge in [0.1, 0.15) is 10.6 Å². The molecular formula is C17H16BrClN4S. The fraction of sp³-hybridized carbons (Fsp3) is 0.294. The van der Waals surface area contributed by atoms with E-state index in [1.165, 1.54) is 16.0 Å². The molecule has 1 aliphatic rings. The summed E-state index contributed by atoms with van der Waals surface area (Å²) in [5.41, 5.74) is 2.40. The number of anilines is 1. The average molecular weight is 424 g/mol. The Morgan fingerprint density at radius 2 is 1.88 bits per heavy atom. The van der Waals surface area contributed by atoms with Crippen LogP contribution in [0.1, 0.15) is 4.88 Å². The quantitative estimate of drug-likeness (QED) is 0.617. The van der Waals surface area contributed by atoms with Crippen molar-refractivity contribution in [1.82, 2.24) is 15.3 Å². The Bertz CT molecular complexity index is 888. The Balaban J connectivity index is 1.96. The molecule has 2 aromatic heterocycles. The maximum absolute atomic E-state index is 6.21. The number of thiophene rings is 1. The Morgan fingerprint density at radius 3 is 2.58 bits per heavy atom. The van der Waals surface area contributed by atoms with E-state index in [9.17, 15) is 0 Å². The zero-order valence-corrected chi connectivity index (χ0v) is 16.3. The van der Waals surface area contributed by atoms with E-state index in [-0.39, 0.29) is 0 Å². The second-order valence-electron chi connectivity index (χ2n) is 5.77. The van der Waals surface area contributed by atoms with Gasteiger partial charge in [-0.3, -0.25) is 0 Å². The van der Waals surface area contributed by atoms with Crippen LogP contribution in [0.3, 0.4) is 0 Å². The average Bonchev–Trinajstić information content (AvgIpc) is 2.91. The third kappa shape index (κ3) is 2.92. The van der Waals surface area contributed by atoms with Crippen molar-refractivity contribution in [2.75, 3.05) is 31.1 Å². The first kappa shape index (κ1) is 16.3. The van der Waals surface area contributed by atoms with Crippen LogP contribution in [-0.2, 0) is 0 Å². The molecule has 4 rings (SSSR count). The summed E-state index contributed by atoms with van der Waals surface area (Å²) in [4.78, 5) is 13.6. The number of aryl methyl sites for hydroxylation is 1. The number of benzene rings is 1. The molecular weight excluding hydrogens is 408 g/mol. The van der Waals surface area contributed by atoms with Gasteiger partial charge in [0.2, 0.25) is 5.28 Å². The number of rotatable bonds is 2. The normalized spacial score (nSPS) is 15.2. The summed E-state index contributed by atoms with van der Waals surface area (Å²) in [5, 5.41) is 4.82. The van der Waals surface area contributed by atoms with Crippen LogP contribution >= 0.6 is 38.9 Å². The Hall–Kier alpha value is -1.21. The lowest BCUT2D eigenvalue weighted by molar-refractivity contribution is 0.586. The molecule has 0 atom stereocenters. The number of fused-ring (bicyclic) bond motifs is 1. The van der Waals surface area contributed by atoms with E-state index in [4.69, 9.17) is 11.6 Å². The number of nitrogens with one attached hydrogen (secondary N) is 1. The second-order valence-corrected chi connectivity index (χ2v) is 8.23. The SMILES string of the molecule is Cc1sc2nc(Cl)nc(N3CCNCC3)c2c1-c1ccc(Br)cc1. The highest BCUT2D eigenvalue weighted by atomic mass is 79.9. The van der Waals surface area contributed by atoms with Gasteiger partial charge in [-0.15, -0.1) is 11.3 Å². The molecule has 24 heavy (non-hydrogen) atoms. The standard InChI is InChI=1S/C17H16BrClN4S/c1-10-13(11-2-4-12(18)5-3-11)14-15(23-8-6-20-7-9-23)21-17(19)22-16(14)24-10/h2-5,20H,6-9H2,1H3. The zero-order chi connectivity index (χ0) is 16.7. The third-order valence-electron chi connectivity index (χ3n) is 4.23. The summed E-state index contributed by atoms with van der Waals surface area (Å²) in [6.45, 7) is 5.91. The van der Waals surface area contributed by atoms with Crippen molar-refractivity contribution in [3.63, 3.8) is 0 Å². The van der Waals surface area contributed by atoms with Crippen molar-refractivity contribution in [3.8, 4) is 11.1 Å². The van der Waals surface area contributed by atoms with Crippen LogP contribution in [0.5, 0.6) is 0 Å². The van der Waals surface area contributed by atoms with Crippen LogP contribution in [0.15, 0.2) is 28.7 Å². The summed E-state index contributed by atoms with van der Waals surface area (Å²) >= 11 is 11.4. The van der Waals surface area contributed by atoms with E-state index in [2.05, 4.69) is 67.3 Å². The number of piperazine rings is 1. The minimum absolute atomic E-state index is 0.319. The molecule has 0 unspecified atom stereocenters. The Kier molecular flexibility index (Phi) is 4.47. The minimum atomic E-state index is 0.319. The molecule has 124 valence electrons. The summed E-state index contributed by atoms with van der Waals surface area (Å²) in [6, 6.07) is 8.41. The van der Waals surface area contributed by atoms with Crippen LogP contribution in [0.4, 0.5) is 5.82 Å². The fourth-order valence-electron chi connectivity index (χ4n) is 3.14. The monoisotopic (exact) mass is 422 g/mol. The van der Waals surface area contributed by atoms with Crippen molar-refractivity contribution in [2.24, 2.45) is 0 Å². The Morgan fingerprint density at radius 1 is 1.17 bits per heavy atom. The van der Waals surface area contributed by atoms with Crippen LogP contribution in [-0.4, -0.2) is 36.1 Å². The predicted octanol–water partition coefficient (Wildman–Crippen LogP) is 4.49. The summed E-state index contributed by atoms with van der Waals surface area (Å²) < 4.78 is 1.07. The largest absolute Gasteiger partial charge is 0.353 e. The highest BCUT2D eigenvalue weighted by molar-refractivity contribution is 9.10. The molecule has 1 aromatic carbocycles. The molecule has 0 saturated carbocycles. The first-order valence-corrected chi connectivity index (χ1v) is 9.80. The van der Waals surface area contributed by atoms with Crippen LogP contribution < -0.4 is 10.2 Å². The number of nitrogens with zero attached hydrogens (tertiary/aromatic N) is 3. The van der Waals surface area contributed by atoms with E-state index in [0.29, 0.717) is 5.28 Å². The van der Waals surface area contributed by atoms with Crippen molar-refractivity contribution >= 4 is 54.9 Å². The lowest BCUT2D eigenvalue weighted by Crippen LogP contribution is -2.44. The van der Waals surface area contributed by atoms with Gasteiger partial charge >= 0.3 is 0 Å². The van der Waals surface area contributed by atoms with Gasteiger partial charge in [-0.2, -0.15) is 4.98 Å². The highest BCUT2D eigenvalue weighted by Crippen LogP contribution is 2.42. The molecule has 0 amide bonds. The maximum Gasteiger partial charge on any atom is 0.225 e. The van der Waals surface area contributed by atoms with Gasteiger partial charge in [-0.1, -0.05) is 28.1 Å². The topological polar surface area (TPSA) is 41.1 Å². The van der Waals surface area contributed by atoms with Crippen molar-refractivity contribution in [1.29, 1.82) is 0 Å². The van der Waals surface area contributed by atoms with Gasteiger partial charge in [0.25, 0.3) is 0 Å². The number of aromatic nitrogens is 2. The molecule has 0 bridgehead atoms. The summed E-state index contributed by atoms with van der Waals surface area (Å²) in [7, 11) is 0. The van der Waals surface area contributed by atoms with Gasteiger partial charge in [0, 0.05) is 41.1 Å². The highest BCUT2D eigenvalue weighted by Gasteiger charge is 2.22. The summed E-state index contributed by atoms with van der Waals surface area (Å²) in [5.74, 6) is 0.953. The molecule has 4 nitrogen and oxygen atoms in total.